The number of rotatable bonds is 6. The van der Waals surface area contributed by atoms with Gasteiger partial charge in [-0.05, 0) is 58.5 Å². The van der Waals surface area contributed by atoms with Crippen molar-refractivity contribution in [3.05, 3.63) is 0 Å². The van der Waals surface area contributed by atoms with Gasteiger partial charge in [0.05, 0.1) is 0 Å². The Hall–Kier alpha value is -0.370. The van der Waals surface area contributed by atoms with Crippen LogP contribution in [0.2, 0.25) is 0 Å². The summed E-state index contributed by atoms with van der Waals surface area (Å²) in [6.07, 6.45) is 8.63. The van der Waals surface area contributed by atoms with E-state index in [1.807, 2.05) is 0 Å². The molecule has 0 aliphatic heterocycles. The van der Waals surface area contributed by atoms with Crippen LogP contribution in [-0.4, -0.2) is 30.3 Å². The van der Waals surface area contributed by atoms with Gasteiger partial charge < -0.3 is 9.69 Å². The smallest absolute Gasteiger partial charge is 0.129 e. The summed E-state index contributed by atoms with van der Waals surface area (Å²) in [5.74, 6) is 1.30. The van der Waals surface area contributed by atoms with Crippen LogP contribution in [0.15, 0.2) is 0 Å². The second-order valence-electron chi connectivity index (χ2n) is 5.37. The highest BCUT2D eigenvalue weighted by Gasteiger charge is 2.22. The van der Waals surface area contributed by atoms with E-state index in [4.69, 9.17) is 0 Å². The summed E-state index contributed by atoms with van der Waals surface area (Å²) >= 11 is 0. The van der Waals surface area contributed by atoms with E-state index in [1.54, 1.807) is 6.92 Å². The predicted molar refractivity (Wildman–Crippen MR) is 68.6 cm³/mol. The fourth-order valence-corrected chi connectivity index (χ4v) is 2.75. The van der Waals surface area contributed by atoms with E-state index in [1.165, 1.54) is 32.1 Å². The molecule has 0 N–H and O–H groups in total. The number of carbonyl (C=O) groups excluding carboxylic acids is 1. The Morgan fingerprint density at radius 3 is 2.38 bits per heavy atom. The molecule has 0 atom stereocenters. The summed E-state index contributed by atoms with van der Waals surface area (Å²) in [4.78, 5) is 13.3. The van der Waals surface area contributed by atoms with Crippen LogP contribution < -0.4 is 0 Å². The van der Waals surface area contributed by atoms with Crippen LogP contribution in [0.25, 0.3) is 0 Å². The topological polar surface area (TPSA) is 20.3 Å². The molecule has 0 unspecified atom stereocenters. The SMILES string of the molecule is CCC1CCC(N(C)CCCC(C)=O)CC1. The Balaban J connectivity index is 2.17. The van der Waals surface area contributed by atoms with Crippen LogP contribution in [0, 0.1) is 5.92 Å². The van der Waals surface area contributed by atoms with Gasteiger partial charge in [0.1, 0.15) is 5.78 Å². The van der Waals surface area contributed by atoms with Crippen molar-refractivity contribution in [1.29, 1.82) is 0 Å². The van der Waals surface area contributed by atoms with Gasteiger partial charge in [0.2, 0.25) is 0 Å². The van der Waals surface area contributed by atoms with Crippen LogP contribution in [0.3, 0.4) is 0 Å². The zero-order valence-corrected chi connectivity index (χ0v) is 11.2. The lowest BCUT2D eigenvalue weighted by Gasteiger charge is -2.34. The molecule has 16 heavy (non-hydrogen) atoms. The van der Waals surface area contributed by atoms with Gasteiger partial charge in [0.15, 0.2) is 0 Å². The normalized spacial score (nSPS) is 26.0. The molecule has 0 radical (unpaired) electrons. The zero-order chi connectivity index (χ0) is 12.0. The molecule has 1 rings (SSSR count). The summed E-state index contributed by atoms with van der Waals surface area (Å²) in [5.41, 5.74) is 0. The molecule has 2 heteroatoms. The molecule has 1 saturated carbocycles. The molecule has 0 amide bonds. The van der Waals surface area contributed by atoms with Gasteiger partial charge in [0, 0.05) is 12.5 Å². The largest absolute Gasteiger partial charge is 0.303 e. The first-order valence-electron chi connectivity index (χ1n) is 6.83. The van der Waals surface area contributed by atoms with E-state index < -0.39 is 0 Å². The predicted octanol–water partition coefficient (Wildman–Crippen LogP) is 3.26. The Bertz CT molecular complexity index is 207. The first-order valence-corrected chi connectivity index (χ1v) is 6.83. The van der Waals surface area contributed by atoms with Crippen molar-refractivity contribution < 1.29 is 4.79 Å². The molecule has 0 aromatic rings. The second kappa shape index (κ2) is 7.05. The molecule has 0 aromatic carbocycles. The van der Waals surface area contributed by atoms with Crippen LogP contribution in [0.5, 0.6) is 0 Å². The monoisotopic (exact) mass is 225 g/mol. The van der Waals surface area contributed by atoms with Crippen molar-refractivity contribution in [1.82, 2.24) is 4.90 Å². The number of hydrogen-bond donors (Lipinski definition) is 0. The lowest BCUT2D eigenvalue weighted by molar-refractivity contribution is -0.117. The minimum Gasteiger partial charge on any atom is -0.303 e. The van der Waals surface area contributed by atoms with Crippen LogP contribution in [0.1, 0.15) is 58.8 Å². The molecule has 1 fully saturated rings. The fraction of sp³-hybridized carbons (Fsp3) is 0.929. The Morgan fingerprint density at radius 2 is 1.88 bits per heavy atom. The standard InChI is InChI=1S/C14H27NO/c1-4-13-7-9-14(10-8-13)15(3)11-5-6-12(2)16/h13-14H,4-11H2,1-3H3. The van der Waals surface area contributed by atoms with Gasteiger partial charge in [-0.25, -0.2) is 0 Å². The molecule has 0 heterocycles. The van der Waals surface area contributed by atoms with Gasteiger partial charge in [-0.1, -0.05) is 13.3 Å². The zero-order valence-electron chi connectivity index (χ0n) is 11.2. The maximum absolute atomic E-state index is 10.9. The number of hydrogen-bond acceptors (Lipinski definition) is 2. The summed E-state index contributed by atoms with van der Waals surface area (Å²) in [6, 6.07) is 0.773. The van der Waals surface area contributed by atoms with Crippen molar-refractivity contribution >= 4 is 5.78 Å². The molecule has 2 nitrogen and oxygen atoms in total. The van der Waals surface area contributed by atoms with Gasteiger partial charge in [-0.2, -0.15) is 0 Å². The number of ketones is 1. The summed E-state index contributed by atoms with van der Waals surface area (Å²) < 4.78 is 0. The minimum atomic E-state index is 0.322. The quantitative estimate of drug-likeness (QED) is 0.691. The van der Waals surface area contributed by atoms with E-state index >= 15 is 0 Å². The molecule has 0 saturated heterocycles. The molecule has 0 spiro atoms. The number of Topliss-reactive ketones (excluding diaryl/α,β-unsaturated/α-hetero) is 1. The fourth-order valence-electron chi connectivity index (χ4n) is 2.75. The van der Waals surface area contributed by atoms with Gasteiger partial charge in [-0.3, -0.25) is 0 Å². The van der Waals surface area contributed by atoms with E-state index in [0.717, 1.165) is 31.3 Å². The Labute approximate surface area is 100 Å². The minimum absolute atomic E-state index is 0.322. The molecule has 0 bridgehead atoms. The van der Waals surface area contributed by atoms with E-state index in [9.17, 15) is 4.79 Å². The first-order chi connectivity index (χ1) is 7.63. The average Bonchev–Trinajstić information content (AvgIpc) is 2.28. The van der Waals surface area contributed by atoms with Gasteiger partial charge in [0.25, 0.3) is 0 Å². The molecule has 1 aliphatic rings. The van der Waals surface area contributed by atoms with Crippen molar-refractivity contribution in [3.63, 3.8) is 0 Å². The lowest BCUT2D eigenvalue weighted by atomic mass is 9.84. The third-order valence-corrected chi connectivity index (χ3v) is 4.06. The molecular weight excluding hydrogens is 198 g/mol. The number of carbonyl (C=O) groups is 1. The Kier molecular flexibility index (Phi) is 6.04. The summed E-state index contributed by atoms with van der Waals surface area (Å²) in [6.45, 7) is 5.08. The molecular formula is C14H27NO. The highest BCUT2D eigenvalue weighted by molar-refractivity contribution is 5.75. The molecule has 1 aliphatic carbocycles. The van der Waals surface area contributed by atoms with Crippen molar-refractivity contribution in [2.24, 2.45) is 5.92 Å². The molecule has 94 valence electrons. The van der Waals surface area contributed by atoms with Gasteiger partial charge in [-0.15, -0.1) is 0 Å². The van der Waals surface area contributed by atoms with E-state index in [0.29, 0.717) is 5.78 Å². The van der Waals surface area contributed by atoms with Gasteiger partial charge >= 0.3 is 0 Å². The maximum atomic E-state index is 10.9. The highest BCUT2D eigenvalue weighted by Crippen LogP contribution is 2.28. The lowest BCUT2D eigenvalue weighted by Crippen LogP contribution is -2.35. The Morgan fingerprint density at radius 1 is 1.25 bits per heavy atom. The van der Waals surface area contributed by atoms with Crippen LogP contribution >= 0.6 is 0 Å². The first kappa shape index (κ1) is 13.7. The van der Waals surface area contributed by atoms with E-state index in [2.05, 4.69) is 18.9 Å². The third-order valence-electron chi connectivity index (χ3n) is 4.06. The average molecular weight is 225 g/mol. The van der Waals surface area contributed by atoms with Crippen molar-refractivity contribution in [2.45, 2.75) is 64.8 Å². The van der Waals surface area contributed by atoms with E-state index in [-0.39, 0.29) is 0 Å². The van der Waals surface area contributed by atoms with Crippen LogP contribution in [-0.2, 0) is 4.79 Å². The van der Waals surface area contributed by atoms with Crippen molar-refractivity contribution in [3.8, 4) is 0 Å². The summed E-state index contributed by atoms with van der Waals surface area (Å²) in [7, 11) is 2.22. The maximum Gasteiger partial charge on any atom is 0.129 e. The summed E-state index contributed by atoms with van der Waals surface area (Å²) in [5, 5.41) is 0. The third kappa shape index (κ3) is 4.65. The molecule has 0 aromatic heterocycles. The van der Waals surface area contributed by atoms with Crippen molar-refractivity contribution in [2.75, 3.05) is 13.6 Å². The van der Waals surface area contributed by atoms with Crippen LogP contribution in [0.4, 0.5) is 0 Å². The number of nitrogens with zero attached hydrogens (tertiary/aromatic N) is 1. The second-order valence-corrected chi connectivity index (χ2v) is 5.37. The highest BCUT2D eigenvalue weighted by atomic mass is 16.1.